The van der Waals surface area contributed by atoms with Crippen LogP contribution >= 0.6 is 11.3 Å². The second kappa shape index (κ2) is 5.93. The molecular weight excluding hydrogens is 263 g/mol. The van der Waals surface area contributed by atoms with Gasteiger partial charge in [0.15, 0.2) is 0 Å². The number of rotatable bonds is 4. The molecule has 1 unspecified atom stereocenters. The lowest BCUT2D eigenvalue weighted by Crippen LogP contribution is -2.29. The van der Waals surface area contributed by atoms with Crippen molar-refractivity contribution in [1.82, 2.24) is 10.3 Å². The number of nitrogens with zero attached hydrogens (tertiary/aromatic N) is 1. The summed E-state index contributed by atoms with van der Waals surface area (Å²) in [6.45, 7) is 3.60. The minimum atomic E-state index is -0.464. The summed E-state index contributed by atoms with van der Waals surface area (Å²) in [4.78, 5) is 16.3. The van der Waals surface area contributed by atoms with Crippen LogP contribution in [0.2, 0.25) is 0 Å². The van der Waals surface area contributed by atoms with Crippen molar-refractivity contribution in [2.75, 3.05) is 0 Å². The Labute approximate surface area is 115 Å². The number of carbonyl (C=O) groups is 1. The maximum atomic E-state index is 13.9. The standard InChI is InChI=1S/C14H15FN2OS/c1-3-11(14-16-7-8-19-14)17-13(18)10-6-4-5-9(2)12(10)15/h4-8,11H,3H2,1-2H3,(H,17,18). The quantitative estimate of drug-likeness (QED) is 0.930. The highest BCUT2D eigenvalue weighted by molar-refractivity contribution is 7.09. The molecule has 0 bridgehead atoms. The number of carbonyl (C=O) groups excluding carboxylic acids is 1. The van der Waals surface area contributed by atoms with Crippen LogP contribution in [0, 0.1) is 12.7 Å². The van der Waals surface area contributed by atoms with E-state index in [1.165, 1.54) is 17.4 Å². The van der Waals surface area contributed by atoms with E-state index in [9.17, 15) is 9.18 Å². The molecule has 1 atom stereocenters. The zero-order chi connectivity index (χ0) is 13.8. The van der Waals surface area contributed by atoms with E-state index in [0.29, 0.717) is 12.0 Å². The molecule has 1 aromatic carbocycles. The summed E-state index contributed by atoms with van der Waals surface area (Å²) in [5.74, 6) is -0.864. The molecule has 1 heterocycles. The Morgan fingerprint density at radius 3 is 2.95 bits per heavy atom. The van der Waals surface area contributed by atoms with Gasteiger partial charge in [-0.15, -0.1) is 11.3 Å². The lowest BCUT2D eigenvalue weighted by atomic mass is 10.1. The van der Waals surface area contributed by atoms with Gasteiger partial charge < -0.3 is 5.32 Å². The topological polar surface area (TPSA) is 42.0 Å². The second-order valence-electron chi connectivity index (χ2n) is 4.24. The maximum absolute atomic E-state index is 13.9. The Kier molecular flexibility index (Phi) is 4.27. The molecule has 3 nitrogen and oxygen atoms in total. The third-order valence-corrected chi connectivity index (χ3v) is 3.79. The molecule has 1 aromatic heterocycles. The molecule has 0 aliphatic rings. The Balaban J connectivity index is 2.18. The van der Waals surface area contributed by atoms with Crippen LogP contribution < -0.4 is 5.32 Å². The van der Waals surface area contributed by atoms with Gasteiger partial charge in [0, 0.05) is 11.6 Å². The first-order valence-corrected chi connectivity index (χ1v) is 6.96. The van der Waals surface area contributed by atoms with Crippen molar-refractivity contribution in [3.8, 4) is 0 Å². The molecule has 0 fully saturated rings. The molecule has 2 rings (SSSR count). The molecule has 2 aromatic rings. The van der Waals surface area contributed by atoms with Crippen LogP contribution in [0.3, 0.4) is 0 Å². The average molecular weight is 278 g/mol. The highest BCUT2D eigenvalue weighted by atomic mass is 32.1. The van der Waals surface area contributed by atoms with E-state index in [-0.39, 0.29) is 11.6 Å². The van der Waals surface area contributed by atoms with Gasteiger partial charge in [-0.25, -0.2) is 9.37 Å². The van der Waals surface area contributed by atoms with Gasteiger partial charge in [0.1, 0.15) is 10.8 Å². The van der Waals surface area contributed by atoms with Crippen LogP contribution in [-0.2, 0) is 0 Å². The smallest absolute Gasteiger partial charge is 0.254 e. The van der Waals surface area contributed by atoms with Gasteiger partial charge in [0.25, 0.3) is 5.91 Å². The normalized spacial score (nSPS) is 12.2. The van der Waals surface area contributed by atoms with Gasteiger partial charge in [-0.3, -0.25) is 4.79 Å². The highest BCUT2D eigenvalue weighted by Gasteiger charge is 2.19. The van der Waals surface area contributed by atoms with Crippen LogP contribution in [0.5, 0.6) is 0 Å². The molecular formula is C14H15FN2OS. The summed E-state index contributed by atoms with van der Waals surface area (Å²) in [6.07, 6.45) is 2.41. The van der Waals surface area contributed by atoms with Gasteiger partial charge in [-0.1, -0.05) is 19.1 Å². The monoisotopic (exact) mass is 278 g/mol. The molecule has 1 amide bonds. The van der Waals surface area contributed by atoms with Crippen molar-refractivity contribution in [2.45, 2.75) is 26.3 Å². The van der Waals surface area contributed by atoms with Crippen LogP contribution in [-0.4, -0.2) is 10.9 Å². The van der Waals surface area contributed by atoms with Crippen molar-refractivity contribution >= 4 is 17.2 Å². The molecule has 100 valence electrons. The van der Waals surface area contributed by atoms with E-state index in [1.54, 1.807) is 25.3 Å². The summed E-state index contributed by atoms with van der Waals surface area (Å²) in [5.41, 5.74) is 0.546. The Morgan fingerprint density at radius 1 is 1.53 bits per heavy atom. The molecule has 0 saturated carbocycles. The zero-order valence-corrected chi connectivity index (χ0v) is 11.6. The van der Waals surface area contributed by atoms with Crippen molar-refractivity contribution in [1.29, 1.82) is 0 Å². The molecule has 5 heteroatoms. The third kappa shape index (κ3) is 2.98. The molecule has 0 aliphatic carbocycles. The van der Waals surface area contributed by atoms with Crippen LogP contribution in [0.25, 0.3) is 0 Å². The number of thiazole rings is 1. The minimum absolute atomic E-state index is 0.0787. The Morgan fingerprint density at radius 2 is 2.32 bits per heavy atom. The molecule has 19 heavy (non-hydrogen) atoms. The molecule has 0 radical (unpaired) electrons. The summed E-state index contributed by atoms with van der Waals surface area (Å²) >= 11 is 1.48. The van der Waals surface area contributed by atoms with Gasteiger partial charge in [0.2, 0.25) is 0 Å². The summed E-state index contributed by atoms with van der Waals surface area (Å²) in [7, 11) is 0. The minimum Gasteiger partial charge on any atom is -0.343 e. The van der Waals surface area contributed by atoms with E-state index in [2.05, 4.69) is 10.3 Å². The van der Waals surface area contributed by atoms with Gasteiger partial charge in [-0.2, -0.15) is 0 Å². The fraction of sp³-hybridized carbons (Fsp3) is 0.286. The number of aryl methyl sites for hydroxylation is 1. The number of halogens is 1. The SMILES string of the molecule is CCC(NC(=O)c1cccc(C)c1F)c1nccs1. The Bertz CT molecular complexity index is 569. The maximum Gasteiger partial charge on any atom is 0.254 e. The van der Waals surface area contributed by atoms with E-state index in [1.807, 2.05) is 12.3 Å². The van der Waals surface area contributed by atoms with E-state index in [0.717, 1.165) is 5.01 Å². The van der Waals surface area contributed by atoms with Crippen LogP contribution in [0.1, 0.15) is 40.3 Å². The van der Waals surface area contributed by atoms with E-state index < -0.39 is 11.7 Å². The van der Waals surface area contributed by atoms with E-state index in [4.69, 9.17) is 0 Å². The van der Waals surface area contributed by atoms with Crippen molar-refractivity contribution in [3.63, 3.8) is 0 Å². The van der Waals surface area contributed by atoms with Gasteiger partial charge in [-0.05, 0) is 25.0 Å². The van der Waals surface area contributed by atoms with Crippen LogP contribution in [0.4, 0.5) is 4.39 Å². The third-order valence-electron chi connectivity index (χ3n) is 2.90. The number of benzene rings is 1. The first-order valence-electron chi connectivity index (χ1n) is 6.08. The van der Waals surface area contributed by atoms with Crippen molar-refractivity contribution < 1.29 is 9.18 Å². The number of nitrogens with one attached hydrogen (secondary N) is 1. The van der Waals surface area contributed by atoms with Crippen molar-refractivity contribution in [2.24, 2.45) is 0 Å². The van der Waals surface area contributed by atoms with E-state index >= 15 is 0 Å². The second-order valence-corrected chi connectivity index (χ2v) is 5.17. The lowest BCUT2D eigenvalue weighted by Gasteiger charge is -2.15. The molecule has 0 aliphatic heterocycles. The predicted molar refractivity (Wildman–Crippen MR) is 73.7 cm³/mol. The summed E-state index contributed by atoms with van der Waals surface area (Å²) in [5, 5.41) is 5.52. The average Bonchev–Trinajstić information content (AvgIpc) is 2.92. The summed E-state index contributed by atoms with van der Waals surface area (Å²) < 4.78 is 13.9. The number of hydrogen-bond donors (Lipinski definition) is 1. The first kappa shape index (κ1) is 13.7. The zero-order valence-electron chi connectivity index (χ0n) is 10.8. The molecule has 1 N–H and O–H groups in total. The first-order chi connectivity index (χ1) is 9.13. The number of aromatic nitrogens is 1. The van der Waals surface area contributed by atoms with Crippen molar-refractivity contribution in [3.05, 3.63) is 51.7 Å². The van der Waals surface area contributed by atoms with Gasteiger partial charge in [0.05, 0.1) is 11.6 Å². The number of hydrogen-bond acceptors (Lipinski definition) is 3. The largest absolute Gasteiger partial charge is 0.343 e. The molecule has 0 spiro atoms. The van der Waals surface area contributed by atoms with Gasteiger partial charge >= 0.3 is 0 Å². The fourth-order valence-corrected chi connectivity index (χ4v) is 2.58. The van der Waals surface area contributed by atoms with Crippen LogP contribution in [0.15, 0.2) is 29.8 Å². The molecule has 0 saturated heterocycles. The highest BCUT2D eigenvalue weighted by Crippen LogP contribution is 2.20. The fourth-order valence-electron chi connectivity index (χ4n) is 1.80. The summed E-state index contributed by atoms with van der Waals surface area (Å²) in [6, 6.07) is 4.64. The Hall–Kier alpha value is -1.75. The lowest BCUT2D eigenvalue weighted by molar-refractivity contribution is 0.0931. The number of amides is 1. The predicted octanol–water partition coefficient (Wildman–Crippen LogP) is 3.47.